The van der Waals surface area contributed by atoms with Crippen molar-refractivity contribution in [1.82, 2.24) is 14.3 Å². The van der Waals surface area contributed by atoms with Gasteiger partial charge in [0.25, 0.3) is 10.2 Å². The average Bonchev–Trinajstić information content (AvgIpc) is 2.26. The maximum Gasteiger partial charge on any atom is 0.415 e. The Morgan fingerprint density at radius 3 is 2.35 bits per heavy atom. The van der Waals surface area contributed by atoms with Crippen LogP contribution in [0.15, 0.2) is 0 Å². The van der Waals surface area contributed by atoms with Crippen LogP contribution < -0.4 is 10.0 Å². The van der Waals surface area contributed by atoms with Crippen molar-refractivity contribution in [3.8, 4) is 0 Å². The van der Waals surface area contributed by atoms with Gasteiger partial charge in [0.2, 0.25) is 0 Å². The average molecular weight is 277 g/mol. The van der Waals surface area contributed by atoms with Gasteiger partial charge in [-0.05, 0) is 0 Å². The lowest BCUT2D eigenvalue weighted by Crippen LogP contribution is -2.52. The maximum absolute atomic E-state index is 12.0. The van der Waals surface area contributed by atoms with Gasteiger partial charge in [-0.25, -0.2) is 0 Å². The molecule has 0 bridgehead atoms. The zero-order valence-electron chi connectivity index (χ0n) is 8.87. The first-order chi connectivity index (χ1) is 7.73. The smallest absolute Gasteiger partial charge is 0.382 e. The molecule has 0 aliphatic carbocycles. The highest BCUT2D eigenvalue weighted by atomic mass is 32.2. The second kappa shape index (κ2) is 5.48. The Labute approximate surface area is 97.0 Å². The molecule has 102 valence electrons. The zero-order valence-corrected chi connectivity index (χ0v) is 9.68. The van der Waals surface area contributed by atoms with E-state index in [4.69, 9.17) is 5.11 Å². The van der Waals surface area contributed by atoms with Gasteiger partial charge >= 0.3 is 6.18 Å². The van der Waals surface area contributed by atoms with Crippen molar-refractivity contribution < 1.29 is 26.7 Å². The molecule has 10 heteroatoms. The monoisotopic (exact) mass is 277 g/mol. The Hall–Kier alpha value is -0.420. The van der Waals surface area contributed by atoms with Crippen LogP contribution in [0.1, 0.15) is 0 Å². The minimum absolute atomic E-state index is 0.192. The number of nitrogens with zero attached hydrogens (tertiary/aromatic N) is 1. The third kappa shape index (κ3) is 4.39. The molecule has 1 rings (SSSR count). The molecular weight excluding hydrogens is 263 g/mol. The van der Waals surface area contributed by atoms with E-state index < -0.39 is 29.0 Å². The quantitative estimate of drug-likeness (QED) is 0.593. The number of piperazine rings is 1. The number of nitrogens with one attached hydrogen (secondary N) is 2. The van der Waals surface area contributed by atoms with E-state index in [2.05, 4.69) is 5.32 Å². The summed E-state index contributed by atoms with van der Waals surface area (Å²) in [4.78, 5) is 0. The standard InChI is InChI=1S/C7H14F3N3O3S/c8-7(9,10)6(14)5-12-17(15,16)13-3-1-11-2-4-13/h6,11-12,14H,1-5H2. The summed E-state index contributed by atoms with van der Waals surface area (Å²) in [5.41, 5.74) is 0. The first kappa shape index (κ1) is 14.6. The van der Waals surface area contributed by atoms with E-state index >= 15 is 0 Å². The van der Waals surface area contributed by atoms with E-state index in [9.17, 15) is 21.6 Å². The Kier molecular flexibility index (Phi) is 4.72. The van der Waals surface area contributed by atoms with Crippen LogP contribution in [0.25, 0.3) is 0 Å². The fourth-order valence-electron chi connectivity index (χ4n) is 1.28. The Bertz CT molecular complexity index is 340. The van der Waals surface area contributed by atoms with Crippen LogP contribution in [-0.2, 0) is 10.2 Å². The van der Waals surface area contributed by atoms with E-state index in [0.717, 1.165) is 4.31 Å². The van der Waals surface area contributed by atoms with Crippen molar-refractivity contribution in [3.63, 3.8) is 0 Å². The molecule has 1 heterocycles. The van der Waals surface area contributed by atoms with E-state index in [-0.39, 0.29) is 13.1 Å². The van der Waals surface area contributed by atoms with Crippen LogP contribution in [0.4, 0.5) is 13.2 Å². The third-order valence-corrected chi connectivity index (χ3v) is 3.83. The molecule has 0 aromatic carbocycles. The number of hydrogen-bond acceptors (Lipinski definition) is 4. The normalized spacial score (nSPS) is 21.4. The van der Waals surface area contributed by atoms with Crippen LogP contribution in [0.2, 0.25) is 0 Å². The van der Waals surface area contributed by atoms with Gasteiger partial charge < -0.3 is 10.4 Å². The minimum Gasteiger partial charge on any atom is -0.382 e. The highest BCUT2D eigenvalue weighted by Crippen LogP contribution is 2.19. The summed E-state index contributed by atoms with van der Waals surface area (Å²) in [6.07, 6.45) is -7.52. The molecule has 0 spiro atoms. The van der Waals surface area contributed by atoms with E-state index in [0.29, 0.717) is 13.1 Å². The molecule has 1 aliphatic rings. The number of aliphatic hydroxyl groups is 1. The first-order valence-electron chi connectivity index (χ1n) is 4.94. The predicted molar refractivity (Wildman–Crippen MR) is 53.4 cm³/mol. The van der Waals surface area contributed by atoms with Gasteiger partial charge in [-0.2, -0.15) is 30.6 Å². The highest BCUT2D eigenvalue weighted by Gasteiger charge is 2.39. The second-order valence-corrected chi connectivity index (χ2v) is 5.32. The van der Waals surface area contributed by atoms with Gasteiger partial charge in [0.1, 0.15) is 0 Å². The van der Waals surface area contributed by atoms with Crippen molar-refractivity contribution in [2.24, 2.45) is 0 Å². The minimum atomic E-state index is -4.83. The highest BCUT2D eigenvalue weighted by molar-refractivity contribution is 7.87. The van der Waals surface area contributed by atoms with E-state index in [1.54, 1.807) is 4.72 Å². The van der Waals surface area contributed by atoms with Gasteiger partial charge in [-0.15, -0.1) is 0 Å². The van der Waals surface area contributed by atoms with Crippen molar-refractivity contribution in [2.45, 2.75) is 12.3 Å². The van der Waals surface area contributed by atoms with E-state index in [1.807, 2.05) is 0 Å². The lowest BCUT2D eigenvalue weighted by atomic mass is 10.4. The SMILES string of the molecule is O=S(=O)(NCC(O)C(F)(F)F)N1CCNCC1. The molecule has 0 saturated carbocycles. The molecule has 1 fully saturated rings. The number of alkyl halides is 3. The molecule has 1 unspecified atom stereocenters. The summed E-state index contributed by atoms with van der Waals surface area (Å²) in [6, 6.07) is 0. The lowest BCUT2D eigenvalue weighted by Gasteiger charge is -2.27. The molecule has 0 aromatic heterocycles. The van der Waals surface area contributed by atoms with Crippen LogP contribution in [0.5, 0.6) is 0 Å². The predicted octanol–water partition coefficient (Wildman–Crippen LogP) is -1.35. The number of aliphatic hydroxyl groups excluding tert-OH is 1. The number of halogens is 3. The third-order valence-electron chi connectivity index (χ3n) is 2.25. The molecule has 1 atom stereocenters. The van der Waals surface area contributed by atoms with Gasteiger partial charge in [0.05, 0.1) is 0 Å². The summed E-state index contributed by atoms with van der Waals surface area (Å²) < 4.78 is 61.7. The van der Waals surface area contributed by atoms with Gasteiger partial charge in [0, 0.05) is 32.7 Å². The molecule has 1 aliphatic heterocycles. The van der Waals surface area contributed by atoms with E-state index in [1.165, 1.54) is 0 Å². The summed E-state index contributed by atoms with van der Waals surface area (Å²) in [5.74, 6) is 0. The topological polar surface area (TPSA) is 81.7 Å². The summed E-state index contributed by atoms with van der Waals surface area (Å²) in [6.45, 7) is 0.204. The zero-order chi connectivity index (χ0) is 13.1. The molecule has 17 heavy (non-hydrogen) atoms. The van der Waals surface area contributed by atoms with Crippen molar-refractivity contribution in [2.75, 3.05) is 32.7 Å². The molecule has 0 radical (unpaired) electrons. The van der Waals surface area contributed by atoms with Crippen molar-refractivity contribution in [1.29, 1.82) is 0 Å². The summed E-state index contributed by atoms with van der Waals surface area (Å²) >= 11 is 0. The van der Waals surface area contributed by atoms with Gasteiger partial charge in [0.15, 0.2) is 6.10 Å². The van der Waals surface area contributed by atoms with Crippen LogP contribution >= 0.6 is 0 Å². The molecule has 0 aromatic rings. The molecule has 3 N–H and O–H groups in total. The first-order valence-corrected chi connectivity index (χ1v) is 6.38. The van der Waals surface area contributed by atoms with Crippen molar-refractivity contribution >= 4 is 10.2 Å². The molecule has 1 saturated heterocycles. The van der Waals surface area contributed by atoms with Crippen molar-refractivity contribution in [3.05, 3.63) is 0 Å². The van der Waals surface area contributed by atoms with Crippen LogP contribution in [0, 0.1) is 0 Å². The molecule has 6 nitrogen and oxygen atoms in total. The van der Waals surface area contributed by atoms with Crippen LogP contribution in [-0.4, -0.2) is 62.8 Å². The fraction of sp³-hybridized carbons (Fsp3) is 1.00. The largest absolute Gasteiger partial charge is 0.415 e. The van der Waals surface area contributed by atoms with Gasteiger partial charge in [-0.3, -0.25) is 0 Å². The maximum atomic E-state index is 12.0. The Morgan fingerprint density at radius 1 is 1.35 bits per heavy atom. The summed E-state index contributed by atoms with van der Waals surface area (Å²) in [7, 11) is -3.96. The molecular formula is C7H14F3N3O3S. The Morgan fingerprint density at radius 2 is 1.88 bits per heavy atom. The number of rotatable bonds is 4. The number of hydrogen-bond donors (Lipinski definition) is 3. The molecule has 0 amide bonds. The lowest BCUT2D eigenvalue weighted by molar-refractivity contribution is -0.200. The Balaban J connectivity index is 2.49. The fourth-order valence-corrected chi connectivity index (χ4v) is 2.49. The summed E-state index contributed by atoms with van der Waals surface area (Å²) in [5, 5.41) is 11.6. The second-order valence-electron chi connectivity index (χ2n) is 3.56. The van der Waals surface area contributed by atoms with Crippen LogP contribution in [0.3, 0.4) is 0 Å². The van der Waals surface area contributed by atoms with Gasteiger partial charge in [-0.1, -0.05) is 0 Å².